The van der Waals surface area contributed by atoms with Gasteiger partial charge >= 0.3 is 0 Å². The molecule has 2 aromatic carbocycles. The lowest BCUT2D eigenvalue weighted by Crippen LogP contribution is -2.29. The minimum atomic E-state index is -3.48. The second-order valence-corrected chi connectivity index (χ2v) is 9.69. The number of methoxy groups -OCH3 is 1. The van der Waals surface area contributed by atoms with E-state index in [9.17, 15) is 13.2 Å². The Kier molecular flexibility index (Phi) is 5.44. The number of carbonyl (C=O) groups excluding carboxylic acids is 1. The minimum Gasteiger partial charge on any atom is -0.496 e. The van der Waals surface area contributed by atoms with Crippen LogP contribution in [0.5, 0.6) is 5.75 Å². The minimum absolute atomic E-state index is 0.0768. The molecule has 1 amide bonds. The molecule has 28 heavy (non-hydrogen) atoms. The summed E-state index contributed by atoms with van der Waals surface area (Å²) in [7, 11) is -0.593. The van der Waals surface area contributed by atoms with E-state index in [0.717, 1.165) is 5.56 Å². The zero-order valence-corrected chi connectivity index (χ0v) is 17.7. The van der Waals surface area contributed by atoms with Crippen molar-refractivity contribution in [1.82, 2.24) is 10.0 Å². The second kappa shape index (κ2) is 7.39. The molecule has 2 atom stereocenters. The average Bonchev–Trinajstić information content (AvgIpc) is 3.21. The summed E-state index contributed by atoms with van der Waals surface area (Å²) in [6, 6.07) is 11.6. The Hall–Kier alpha value is -2.09. The van der Waals surface area contributed by atoms with E-state index in [-0.39, 0.29) is 28.2 Å². The normalized spacial score (nSPS) is 20.5. The Bertz CT molecular complexity index is 1000. The molecule has 0 aliphatic heterocycles. The fourth-order valence-electron chi connectivity index (χ4n) is 3.58. The van der Waals surface area contributed by atoms with E-state index in [2.05, 4.69) is 23.9 Å². The lowest BCUT2D eigenvalue weighted by molar-refractivity contribution is 0.0943. The van der Waals surface area contributed by atoms with Crippen LogP contribution in [0, 0.1) is 5.41 Å². The van der Waals surface area contributed by atoms with Crippen molar-refractivity contribution in [2.45, 2.75) is 30.7 Å². The Morgan fingerprint density at radius 2 is 1.79 bits per heavy atom. The number of hydrogen-bond acceptors (Lipinski definition) is 4. The molecule has 2 N–H and O–H groups in total. The second-order valence-electron chi connectivity index (χ2n) is 7.37. The van der Waals surface area contributed by atoms with Gasteiger partial charge in [0.05, 0.1) is 17.6 Å². The zero-order valence-electron chi connectivity index (χ0n) is 16.1. The molecule has 1 saturated carbocycles. The molecule has 6 nitrogen and oxygen atoms in total. The van der Waals surface area contributed by atoms with Crippen molar-refractivity contribution >= 4 is 27.5 Å². The van der Waals surface area contributed by atoms with Crippen molar-refractivity contribution in [2.24, 2.45) is 5.41 Å². The summed E-state index contributed by atoms with van der Waals surface area (Å²) in [5.74, 6) is 0.279. The highest BCUT2D eigenvalue weighted by atomic mass is 35.5. The van der Waals surface area contributed by atoms with Gasteiger partial charge in [-0.1, -0.05) is 37.6 Å². The molecule has 3 rings (SSSR count). The molecule has 0 aromatic heterocycles. The maximum atomic E-state index is 12.8. The van der Waals surface area contributed by atoms with E-state index in [1.165, 1.54) is 14.2 Å². The Balaban J connectivity index is 1.80. The van der Waals surface area contributed by atoms with Crippen LogP contribution in [0.1, 0.15) is 35.7 Å². The van der Waals surface area contributed by atoms with Crippen molar-refractivity contribution in [1.29, 1.82) is 0 Å². The van der Waals surface area contributed by atoms with Crippen LogP contribution >= 0.6 is 11.6 Å². The molecular formula is C20H23ClN2O4S. The monoisotopic (exact) mass is 422 g/mol. The van der Waals surface area contributed by atoms with Crippen LogP contribution in [0.25, 0.3) is 0 Å². The number of nitrogens with one attached hydrogen (secondary N) is 2. The van der Waals surface area contributed by atoms with Gasteiger partial charge in [-0.05, 0) is 48.4 Å². The molecular weight excluding hydrogens is 400 g/mol. The molecule has 2 aromatic rings. The first-order valence-electron chi connectivity index (χ1n) is 8.79. The Morgan fingerprint density at radius 3 is 2.36 bits per heavy atom. The molecule has 1 aliphatic rings. The quantitative estimate of drug-likeness (QED) is 0.748. The van der Waals surface area contributed by atoms with Gasteiger partial charge in [0.2, 0.25) is 10.0 Å². The van der Waals surface area contributed by atoms with Crippen LogP contribution in [-0.4, -0.2) is 34.5 Å². The lowest BCUT2D eigenvalue weighted by atomic mass is 10.0. The Labute approximate surface area is 170 Å². The van der Waals surface area contributed by atoms with Gasteiger partial charge in [-0.25, -0.2) is 13.1 Å². The molecule has 0 bridgehead atoms. The number of sulfonamides is 1. The summed E-state index contributed by atoms with van der Waals surface area (Å²) < 4.78 is 31.3. The number of amides is 1. The molecule has 1 fully saturated rings. The third kappa shape index (κ3) is 3.74. The van der Waals surface area contributed by atoms with Gasteiger partial charge in [0.25, 0.3) is 5.91 Å². The molecule has 150 valence electrons. The van der Waals surface area contributed by atoms with Crippen LogP contribution in [0.4, 0.5) is 0 Å². The van der Waals surface area contributed by atoms with Gasteiger partial charge in [0.1, 0.15) is 5.75 Å². The van der Waals surface area contributed by atoms with Gasteiger partial charge in [0.15, 0.2) is 0 Å². The van der Waals surface area contributed by atoms with Crippen LogP contribution in [-0.2, 0) is 10.0 Å². The number of rotatable bonds is 6. The van der Waals surface area contributed by atoms with Crippen molar-refractivity contribution in [3.05, 3.63) is 58.6 Å². The predicted molar refractivity (Wildman–Crippen MR) is 108 cm³/mol. The highest BCUT2D eigenvalue weighted by molar-refractivity contribution is 7.89. The maximum Gasteiger partial charge on any atom is 0.255 e. The van der Waals surface area contributed by atoms with Gasteiger partial charge in [-0.3, -0.25) is 4.79 Å². The van der Waals surface area contributed by atoms with E-state index in [0.29, 0.717) is 16.3 Å². The summed E-state index contributed by atoms with van der Waals surface area (Å²) in [6.07, 6.45) is 0. The van der Waals surface area contributed by atoms with Gasteiger partial charge in [-0.15, -0.1) is 0 Å². The lowest BCUT2D eigenvalue weighted by Gasteiger charge is -2.10. The first-order chi connectivity index (χ1) is 13.1. The van der Waals surface area contributed by atoms with Crippen molar-refractivity contribution in [3.63, 3.8) is 0 Å². The smallest absolute Gasteiger partial charge is 0.255 e. The standard InChI is InChI=1S/C20H23ClN2O4S/c1-20(2)17(12-5-8-14(9-6-12)28(25,26)22-3)18(20)23-19(24)15-11-13(21)7-10-16(15)27-4/h5-11,17-18,22H,1-4H3,(H,23,24)/t17-,18?/m0/s1. The number of benzene rings is 2. The third-order valence-electron chi connectivity index (χ3n) is 5.34. The topological polar surface area (TPSA) is 84.5 Å². The maximum absolute atomic E-state index is 12.8. The van der Waals surface area contributed by atoms with Gasteiger partial charge in [0, 0.05) is 17.0 Å². The van der Waals surface area contributed by atoms with Crippen LogP contribution in [0.15, 0.2) is 47.4 Å². The molecule has 1 aliphatic carbocycles. The highest BCUT2D eigenvalue weighted by Crippen LogP contribution is 2.58. The first-order valence-corrected chi connectivity index (χ1v) is 10.7. The molecule has 0 radical (unpaired) electrons. The number of hydrogen-bond donors (Lipinski definition) is 2. The van der Waals surface area contributed by atoms with E-state index < -0.39 is 10.0 Å². The summed E-state index contributed by atoms with van der Waals surface area (Å²) >= 11 is 6.02. The predicted octanol–water partition coefficient (Wildman–Crippen LogP) is 3.18. The largest absolute Gasteiger partial charge is 0.496 e. The van der Waals surface area contributed by atoms with E-state index >= 15 is 0 Å². The van der Waals surface area contributed by atoms with Gasteiger partial charge < -0.3 is 10.1 Å². The highest BCUT2D eigenvalue weighted by Gasteiger charge is 2.59. The van der Waals surface area contributed by atoms with E-state index in [4.69, 9.17) is 16.3 Å². The third-order valence-corrected chi connectivity index (χ3v) is 7.00. The molecule has 0 saturated heterocycles. The van der Waals surface area contributed by atoms with E-state index in [1.54, 1.807) is 42.5 Å². The summed E-state index contributed by atoms with van der Waals surface area (Å²) in [5, 5.41) is 3.52. The average molecular weight is 423 g/mol. The molecule has 8 heteroatoms. The summed E-state index contributed by atoms with van der Waals surface area (Å²) in [6.45, 7) is 4.13. The summed E-state index contributed by atoms with van der Waals surface area (Å²) in [4.78, 5) is 13.0. The van der Waals surface area contributed by atoms with Crippen LogP contribution in [0.3, 0.4) is 0 Å². The van der Waals surface area contributed by atoms with Crippen LogP contribution < -0.4 is 14.8 Å². The Morgan fingerprint density at radius 1 is 1.14 bits per heavy atom. The van der Waals surface area contributed by atoms with Crippen LogP contribution in [0.2, 0.25) is 5.02 Å². The number of halogens is 1. The number of carbonyl (C=O) groups is 1. The molecule has 0 spiro atoms. The fraction of sp³-hybridized carbons (Fsp3) is 0.350. The van der Waals surface area contributed by atoms with Crippen molar-refractivity contribution < 1.29 is 17.9 Å². The first kappa shape index (κ1) is 20.6. The van der Waals surface area contributed by atoms with Gasteiger partial charge in [-0.2, -0.15) is 0 Å². The fourth-order valence-corrected chi connectivity index (χ4v) is 4.48. The van der Waals surface area contributed by atoms with E-state index in [1.807, 2.05) is 0 Å². The number of ether oxygens (including phenoxy) is 1. The molecule has 0 heterocycles. The van der Waals surface area contributed by atoms with Crippen molar-refractivity contribution in [2.75, 3.05) is 14.2 Å². The zero-order chi connectivity index (χ0) is 20.7. The molecule has 1 unspecified atom stereocenters. The SMILES string of the molecule is CNS(=O)(=O)c1ccc([C@H]2C(NC(=O)c3cc(Cl)ccc3OC)C2(C)C)cc1. The summed E-state index contributed by atoms with van der Waals surface area (Å²) in [5.41, 5.74) is 1.19. The van der Waals surface area contributed by atoms with Crippen molar-refractivity contribution in [3.8, 4) is 5.75 Å².